The molecule has 1 aliphatic heterocycles. The van der Waals surface area contributed by atoms with E-state index in [9.17, 15) is 0 Å². The molecule has 0 amide bonds. The highest BCUT2D eigenvalue weighted by Gasteiger charge is 2.18. The van der Waals surface area contributed by atoms with E-state index in [4.69, 9.17) is 19.9 Å². The van der Waals surface area contributed by atoms with Crippen LogP contribution in [0.2, 0.25) is 0 Å². The van der Waals surface area contributed by atoms with Crippen LogP contribution in [0.3, 0.4) is 0 Å². The summed E-state index contributed by atoms with van der Waals surface area (Å²) in [5.41, 5.74) is 7.86. The molecule has 98 valence electrons. The number of hydrogen-bond acceptors (Lipinski definition) is 4. The van der Waals surface area contributed by atoms with Gasteiger partial charge in [0.1, 0.15) is 12.4 Å². The highest BCUT2D eigenvalue weighted by atomic mass is 16.7. The number of nitrogens with two attached hydrogens (primary N) is 1. The summed E-state index contributed by atoms with van der Waals surface area (Å²) in [6.45, 7) is 8.47. The summed E-state index contributed by atoms with van der Waals surface area (Å²) < 4.78 is 16.4. The predicted octanol–water partition coefficient (Wildman–Crippen LogP) is 2.26. The first kappa shape index (κ1) is 12.8. The summed E-state index contributed by atoms with van der Waals surface area (Å²) >= 11 is 0. The van der Waals surface area contributed by atoms with Crippen LogP contribution in [-0.2, 0) is 6.42 Å². The van der Waals surface area contributed by atoms with E-state index in [2.05, 4.69) is 6.58 Å². The Labute approximate surface area is 107 Å². The monoisotopic (exact) mass is 249 g/mol. The fourth-order valence-electron chi connectivity index (χ4n) is 1.81. The minimum absolute atomic E-state index is 0.0672. The second-order valence-electron chi connectivity index (χ2n) is 4.74. The van der Waals surface area contributed by atoms with Crippen LogP contribution in [0.25, 0.3) is 0 Å². The van der Waals surface area contributed by atoms with Gasteiger partial charge in [-0.15, -0.1) is 0 Å². The summed E-state index contributed by atoms with van der Waals surface area (Å²) in [6.07, 6.45) is 0.738. The topological polar surface area (TPSA) is 53.7 Å². The van der Waals surface area contributed by atoms with Crippen LogP contribution in [0, 0.1) is 0 Å². The standard InChI is InChI=1S/C14H19NO3/c1-9(2)7-16-12-6-14-13(17-8-18-14)5-11(12)4-10(3)15/h5-6,10H,1,4,7-8,15H2,2-3H3. The second kappa shape index (κ2) is 5.31. The van der Waals surface area contributed by atoms with Gasteiger partial charge in [-0.3, -0.25) is 0 Å². The van der Waals surface area contributed by atoms with Gasteiger partial charge in [-0.25, -0.2) is 0 Å². The Morgan fingerprint density at radius 2 is 2.11 bits per heavy atom. The third-order valence-corrected chi connectivity index (χ3v) is 2.57. The van der Waals surface area contributed by atoms with Gasteiger partial charge >= 0.3 is 0 Å². The molecule has 1 heterocycles. The van der Waals surface area contributed by atoms with Crippen molar-refractivity contribution in [3.8, 4) is 17.2 Å². The first-order valence-corrected chi connectivity index (χ1v) is 6.01. The molecule has 0 radical (unpaired) electrons. The lowest BCUT2D eigenvalue weighted by molar-refractivity contribution is 0.174. The Balaban J connectivity index is 2.26. The minimum atomic E-state index is 0.0672. The average Bonchev–Trinajstić information content (AvgIpc) is 2.71. The molecule has 0 saturated heterocycles. The Hall–Kier alpha value is -1.68. The average molecular weight is 249 g/mol. The maximum absolute atomic E-state index is 5.85. The van der Waals surface area contributed by atoms with Crippen LogP contribution in [-0.4, -0.2) is 19.4 Å². The minimum Gasteiger partial charge on any atom is -0.489 e. The van der Waals surface area contributed by atoms with Crippen LogP contribution in [0.4, 0.5) is 0 Å². The van der Waals surface area contributed by atoms with E-state index in [1.807, 2.05) is 26.0 Å². The molecule has 0 spiro atoms. The first-order chi connectivity index (χ1) is 8.56. The first-order valence-electron chi connectivity index (χ1n) is 6.01. The lowest BCUT2D eigenvalue weighted by Crippen LogP contribution is -2.18. The molecule has 0 aromatic heterocycles. The van der Waals surface area contributed by atoms with Gasteiger partial charge in [-0.1, -0.05) is 6.58 Å². The van der Waals surface area contributed by atoms with Crippen molar-refractivity contribution in [3.63, 3.8) is 0 Å². The van der Waals surface area contributed by atoms with Crippen molar-refractivity contribution in [1.82, 2.24) is 0 Å². The Kier molecular flexibility index (Phi) is 3.77. The van der Waals surface area contributed by atoms with Crippen LogP contribution in [0.1, 0.15) is 19.4 Å². The van der Waals surface area contributed by atoms with E-state index in [1.54, 1.807) is 0 Å². The van der Waals surface area contributed by atoms with Crippen LogP contribution < -0.4 is 19.9 Å². The molecule has 4 nitrogen and oxygen atoms in total. The SMILES string of the molecule is C=C(C)COc1cc2c(cc1CC(C)N)OCO2. The van der Waals surface area contributed by atoms with E-state index >= 15 is 0 Å². The maximum atomic E-state index is 5.85. The van der Waals surface area contributed by atoms with Gasteiger partial charge in [0.15, 0.2) is 11.5 Å². The summed E-state index contributed by atoms with van der Waals surface area (Å²) in [5.74, 6) is 2.27. The molecule has 0 aliphatic carbocycles. The molecule has 1 aromatic rings. The maximum Gasteiger partial charge on any atom is 0.231 e. The molecule has 2 rings (SSSR count). The highest BCUT2D eigenvalue weighted by molar-refractivity contribution is 5.52. The summed E-state index contributed by atoms with van der Waals surface area (Å²) in [5, 5.41) is 0. The van der Waals surface area contributed by atoms with Gasteiger partial charge in [-0.05, 0) is 37.5 Å². The van der Waals surface area contributed by atoms with Gasteiger partial charge in [0.25, 0.3) is 0 Å². The van der Waals surface area contributed by atoms with Crippen molar-refractivity contribution < 1.29 is 14.2 Å². The van der Waals surface area contributed by atoms with Crippen molar-refractivity contribution in [2.45, 2.75) is 26.3 Å². The van der Waals surface area contributed by atoms with Crippen molar-refractivity contribution in [2.24, 2.45) is 5.73 Å². The number of ether oxygens (including phenoxy) is 3. The summed E-state index contributed by atoms with van der Waals surface area (Å²) in [6, 6.07) is 3.88. The highest BCUT2D eigenvalue weighted by Crippen LogP contribution is 2.38. The molecular weight excluding hydrogens is 230 g/mol. The van der Waals surface area contributed by atoms with Crippen molar-refractivity contribution in [1.29, 1.82) is 0 Å². The fourth-order valence-corrected chi connectivity index (χ4v) is 1.81. The molecule has 1 unspecified atom stereocenters. The lowest BCUT2D eigenvalue weighted by atomic mass is 10.1. The van der Waals surface area contributed by atoms with Gasteiger partial charge in [0.05, 0.1) is 0 Å². The van der Waals surface area contributed by atoms with Crippen LogP contribution in [0.15, 0.2) is 24.3 Å². The number of benzene rings is 1. The van der Waals surface area contributed by atoms with E-state index in [0.29, 0.717) is 6.61 Å². The molecular formula is C14H19NO3. The Morgan fingerprint density at radius 3 is 2.72 bits per heavy atom. The second-order valence-corrected chi connectivity index (χ2v) is 4.74. The molecule has 18 heavy (non-hydrogen) atoms. The molecule has 1 aromatic carbocycles. The van der Waals surface area contributed by atoms with E-state index in [-0.39, 0.29) is 12.8 Å². The predicted molar refractivity (Wildman–Crippen MR) is 70.2 cm³/mol. The van der Waals surface area contributed by atoms with Gasteiger partial charge in [-0.2, -0.15) is 0 Å². The fraction of sp³-hybridized carbons (Fsp3) is 0.429. The van der Waals surface area contributed by atoms with Crippen LogP contribution in [0.5, 0.6) is 17.2 Å². The number of rotatable bonds is 5. The molecule has 4 heteroatoms. The summed E-state index contributed by atoms with van der Waals surface area (Å²) in [4.78, 5) is 0. The quantitative estimate of drug-likeness (QED) is 0.813. The van der Waals surface area contributed by atoms with Gasteiger partial charge in [0, 0.05) is 12.1 Å². The third-order valence-electron chi connectivity index (χ3n) is 2.57. The van der Waals surface area contributed by atoms with E-state index in [0.717, 1.165) is 34.8 Å². The zero-order chi connectivity index (χ0) is 13.1. The molecule has 1 atom stereocenters. The molecule has 0 saturated carbocycles. The molecule has 0 fully saturated rings. The Bertz CT molecular complexity index is 455. The molecule has 2 N–H and O–H groups in total. The third kappa shape index (κ3) is 2.96. The number of hydrogen-bond donors (Lipinski definition) is 1. The summed E-state index contributed by atoms with van der Waals surface area (Å²) in [7, 11) is 0. The zero-order valence-corrected chi connectivity index (χ0v) is 10.9. The largest absolute Gasteiger partial charge is 0.489 e. The Morgan fingerprint density at radius 1 is 1.44 bits per heavy atom. The van der Waals surface area contributed by atoms with E-state index in [1.165, 1.54) is 0 Å². The molecule has 0 bridgehead atoms. The van der Waals surface area contributed by atoms with Crippen molar-refractivity contribution in [2.75, 3.05) is 13.4 Å². The van der Waals surface area contributed by atoms with Crippen molar-refractivity contribution in [3.05, 3.63) is 29.8 Å². The van der Waals surface area contributed by atoms with Crippen LogP contribution >= 0.6 is 0 Å². The lowest BCUT2D eigenvalue weighted by Gasteiger charge is -2.14. The number of fused-ring (bicyclic) bond motifs is 1. The van der Waals surface area contributed by atoms with E-state index < -0.39 is 0 Å². The molecule has 1 aliphatic rings. The van der Waals surface area contributed by atoms with Crippen molar-refractivity contribution >= 4 is 0 Å². The van der Waals surface area contributed by atoms with Gasteiger partial charge < -0.3 is 19.9 Å². The zero-order valence-electron chi connectivity index (χ0n) is 10.9. The normalized spacial score (nSPS) is 14.4. The van der Waals surface area contributed by atoms with Gasteiger partial charge in [0.2, 0.25) is 6.79 Å². The smallest absolute Gasteiger partial charge is 0.231 e.